The van der Waals surface area contributed by atoms with Crippen LogP contribution in [0.3, 0.4) is 0 Å². The molecule has 0 aliphatic heterocycles. The number of carbonyl (C=O) groups excluding carboxylic acids is 1. The lowest BCUT2D eigenvalue weighted by molar-refractivity contribution is 0.0730. The van der Waals surface area contributed by atoms with Gasteiger partial charge in [-0.1, -0.05) is 36.4 Å². The van der Waals surface area contributed by atoms with Crippen molar-refractivity contribution in [3.05, 3.63) is 70.4 Å². The molecule has 3 nitrogen and oxygen atoms in total. The summed E-state index contributed by atoms with van der Waals surface area (Å²) < 4.78 is 5.52. The molecule has 0 N–H and O–H groups in total. The van der Waals surface area contributed by atoms with Crippen molar-refractivity contribution in [3.63, 3.8) is 0 Å². The lowest BCUT2D eigenvalue weighted by Crippen LogP contribution is -2.10. The molecule has 0 radical (unpaired) electrons. The quantitative estimate of drug-likeness (QED) is 0.505. The number of nitrogens with zero attached hydrogens (tertiary/aromatic N) is 1. The highest BCUT2D eigenvalue weighted by atomic mass is 32.1. The predicted octanol–water partition coefficient (Wildman–Crippen LogP) is 4.95. The Bertz CT molecular complexity index is 853. The number of carbonyl (C=O) groups is 1. The van der Waals surface area contributed by atoms with Gasteiger partial charge in [-0.15, -0.1) is 11.3 Å². The first-order valence-electron chi connectivity index (χ1n) is 7.37. The lowest BCUT2D eigenvalue weighted by atomic mass is 10.1. The van der Waals surface area contributed by atoms with Crippen molar-refractivity contribution in [2.75, 3.05) is 0 Å². The summed E-state index contributed by atoms with van der Waals surface area (Å²) in [5.74, 6) is 0.124. The van der Waals surface area contributed by atoms with Gasteiger partial charge in [0.1, 0.15) is 5.75 Å². The number of aromatic nitrogens is 1. The van der Waals surface area contributed by atoms with Crippen LogP contribution >= 0.6 is 11.3 Å². The Kier molecular flexibility index (Phi) is 4.26. The van der Waals surface area contributed by atoms with E-state index in [9.17, 15) is 4.79 Å². The Hall–Kier alpha value is -2.46. The summed E-state index contributed by atoms with van der Waals surface area (Å²) >= 11 is 1.50. The second kappa shape index (κ2) is 6.34. The number of thiazole rings is 1. The van der Waals surface area contributed by atoms with Gasteiger partial charge in [0.2, 0.25) is 0 Å². The molecule has 0 saturated carbocycles. The molecule has 1 aromatic heterocycles. The van der Waals surface area contributed by atoms with Gasteiger partial charge < -0.3 is 4.74 Å². The van der Waals surface area contributed by atoms with Gasteiger partial charge in [-0.2, -0.15) is 0 Å². The molecule has 23 heavy (non-hydrogen) atoms. The minimum atomic E-state index is -0.420. The average Bonchev–Trinajstić information content (AvgIpc) is 2.94. The number of benzene rings is 2. The zero-order valence-electron chi connectivity index (χ0n) is 13.3. The summed E-state index contributed by atoms with van der Waals surface area (Å²) in [6.45, 7) is 5.91. The SMILES string of the molecule is Cc1nc(C(=O)Oc2ccc(C)c(C)c2)c(-c2ccccc2)s1. The van der Waals surface area contributed by atoms with Gasteiger partial charge in [0.05, 0.1) is 9.88 Å². The Morgan fingerprint density at radius 3 is 2.43 bits per heavy atom. The van der Waals surface area contributed by atoms with E-state index in [0.29, 0.717) is 11.4 Å². The minimum Gasteiger partial charge on any atom is -0.422 e. The van der Waals surface area contributed by atoms with Crippen LogP contribution in [0, 0.1) is 20.8 Å². The van der Waals surface area contributed by atoms with E-state index in [-0.39, 0.29) is 0 Å². The summed E-state index contributed by atoms with van der Waals surface area (Å²) in [6, 6.07) is 15.4. The molecule has 1 heterocycles. The second-order valence-corrected chi connectivity index (χ2v) is 6.62. The third-order valence-electron chi connectivity index (χ3n) is 3.65. The van der Waals surface area contributed by atoms with Gasteiger partial charge >= 0.3 is 5.97 Å². The number of hydrogen-bond acceptors (Lipinski definition) is 4. The molecule has 116 valence electrons. The molecular weight excluding hydrogens is 306 g/mol. The Morgan fingerprint density at radius 2 is 1.74 bits per heavy atom. The van der Waals surface area contributed by atoms with Crippen LogP contribution in [0.1, 0.15) is 26.6 Å². The van der Waals surface area contributed by atoms with Gasteiger partial charge in [-0.3, -0.25) is 0 Å². The van der Waals surface area contributed by atoms with Crippen molar-refractivity contribution in [1.82, 2.24) is 4.98 Å². The standard InChI is InChI=1S/C19H17NO2S/c1-12-9-10-16(11-13(12)2)22-19(21)17-18(23-14(3)20-17)15-7-5-4-6-8-15/h4-11H,1-3H3. The van der Waals surface area contributed by atoms with Crippen LogP contribution in [0.15, 0.2) is 48.5 Å². The topological polar surface area (TPSA) is 39.2 Å². The fourth-order valence-corrected chi connectivity index (χ4v) is 3.20. The highest BCUT2D eigenvalue weighted by Gasteiger charge is 2.20. The first kappa shape index (κ1) is 15.4. The average molecular weight is 323 g/mol. The molecule has 0 aliphatic rings. The van der Waals surface area contributed by atoms with Crippen LogP contribution in [0.2, 0.25) is 0 Å². The van der Waals surface area contributed by atoms with Crippen molar-refractivity contribution in [2.24, 2.45) is 0 Å². The van der Waals surface area contributed by atoms with E-state index in [0.717, 1.165) is 21.0 Å². The molecule has 0 atom stereocenters. The van der Waals surface area contributed by atoms with E-state index in [1.165, 1.54) is 16.9 Å². The van der Waals surface area contributed by atoms with E-state index >= 15 is 0 Å². The van der Waals surface area contributed by atoms with E-state index in [1.54, 1.807) is 0 Å². The van der Waals surface area contributed by atoms with E-state index in [1.807, 2.05) is 69.3 Å². The smallest absolute Gasteiger partial charge is 0.363 e. The molecular formula is C19H17NO2S. The number of aryl methyl sites for hydroxylation is 3. The summed E-state index contributed by atoms with van der Waals surface area (Å²) in [5, 5.41) is 0.843. The fourth-order valence-electron chi connectivity index (χ4n) is 2.28. The molecule has 0 bridgehead atoms. The molecule has 0 fully saturated rings. The van der Waals surface area contributed by atoms with Crippen LogP contribution in [-0.4, -0.2) is 11.0 Å². The van der Waals surface area contributed by atoms with Gasteiger partial charge in [0, 0.05) is 0 Å². The summed E-state index contributed by atoms with van der Waals surface area (Å²) in [4.78, 5) is 17.8. The van der Waals surface area contributed by atoms with E-state index < -0.39 is 5.97 Å². The summed E-state index contributed by atoms with van der Waals surface area (Å²) in [7, 11) is 0. The summed E-state index contributed by atoms with van der Waals surface area (Å²) in [6.07, 6.45) is 0. The van der Waals surface area contributed by atoms with Crippen LogP contribution in [0.4, 0.5) is 0 Å². The van der Waals surface area contributed by atoms with Crippen molar-refractivity contribution < 1.29 is 9.53 Å². The van der Waals surface area contributed by atoms with Crippen molar-refractivity contribution in [2.45, 2.75) is 20.8 Å². The van der Waals surface area contributed by atoms with Crippen LogP contribution in [0.25, 0.3) is 10.4 Å². The maximum absolute atomic E-state index is 12.5. The molecule has 3 rings (SSSR count). The molecule has 0 spiro atoms. The van der Waals surface area contributed by atoms with E-state index in [4.69, 9.17) is 4.74 Å². The highest BCUT2D eigenvalue weighted by Crippen LogP contribution is 2.31. The third kappa shape index (κ3) is 3.32. The third-order valence-corrected chi connectivity index (χ3v) is 4.67. The maximum atomic E-state index is 12.5. The Morgan fingerprint density at radius 1 is 1.00 bits per heavy atom. The Labute approximate surface area is 139 Å². The normalized spacial score (nSPS) is 10.6. The zero-order valence-corrected chi connectivity index (χ0v) is 14.1. The van der Waals surface area contributed by atoms with Crippen LogP contribution < -0.4 is 4.74 Å². The van der Waals surface area contributed by atoms with Gasteiger partial charge in [0.15, 0.2) is 5.69 Å². The first-order chi connectivity index (χ1) is 11.0. The first-order valence-corrected chi connectivity index (χ1v) is 8.18. The predicted molar refractivity (Wildman–Crippen MR) is 93.2 cm³/mol. The minimum absolute atomic E-state index is 0.372. The number of rotatable bonds is 3. The molecule has 0 amide bonds. The van der Waals surface area contributed by atoms with E-state index in [2.05, 4.69) is 4.98 Å². The molecule has 0 unspecified atom stereocenters. The molecule has 2 aromatic carbocycles. The van der Waals surface area contributed by atoms with Gasteiger partial charge in [-0.05, 0) is 49.6 Å². The highest BCUT2D eigenvalue weighted by molar-refractivity contribution is 7.15. The van der Waals surface area contributed by atoms with Crippen molar-refractivity contribution in [1.29, 1.82) is 0 Å². The lowest BCUT2D eigenvalue weighted by Gasteiger charge is -2.07. The Balaban J connectivity index is 1.92. The largest absolute Gasteiger partial charge is 0.422 e. The second-order valence-electron chi connectivity index (χ2n) is 5.41. The fraction of sp³-hybridized carbons (Fsp3) is 0.158. The van der Waals surface area contributed by atoms with Gasteiger partial charge in [-0.25, -0.2) is 9.78 Å². The van der Waals surface area contributed by atoms with Crippen LogP contribution in [-0.2, 0) is 0 Å². The molecule has 0 aliphatic carbocycles. The molecule has 0 saturated heterocycles. The van der Waals surface area contributed by atoms with Crippen LogP contribution in [0.5, 0.6) is 5.75 Å². The maximum Gasteiger partial charge on any atom is 0.363 e. The van der Waals surface area contributed by atoms with Crippen molar-refractivity contribution in [3.8, 4) is 16.2 Å². The zero-order chi connectivity index (χ0) is 16.4. The number of hydrogen-bond donors (Lipinski definition) is 0. The molecule has 3 aromatic rings. The summed E-state index contributed by atoms with van der Waals surface area (Å²) in [5.41, 5.74) is 3.61. The molecule has 4 heteroatoms. The van der Waals surface area contributed by atoms with Gasteiger partial charge in [0.25, 0.3) is 0 Å². The monoisotopic (exact) mass is 323 g/mol. The number of ether oxygens (including phenoxy) is 1. The number of esters is 1. The van der Waals surface area contributed by atoms with Crippen molar-refractivity contribution >= 4 is 17.3 Å².